The molecule has 1 fully saturated rings. The van der Waals surface area contributed by atoms with Crippen molar-refractivity contribution in [3.63, 3.8) is 0 Å². The molecule has 1 saturated heterocycles. The molecule has 2 heterocycles. The molecule has 5 rings (SSSR count). The maximum absolute atomic E-state index is 4.54. The van der Waals surface area contributed by atoms with Gasteiger partial charge in [0.25, 0.3) is 0 Å². The van der Waals surface area contributed by atoms with Crippen molar-refractivity contribution < 1.29 is 0 Å². The van der Waals surface area contributed by atoms with E-state index in [4.69, 9.17) is 0 Å². The Kier molecular flexibility index (Phi) is 8.66. The summed E-state index contributed by atoms with van der Waals surface area (Å²) in [6.07, 6.45) is 8.16. The standard InChI is InChI=1S/C31H39N7/c1-3-17-32-29-35-30(33-18-4-2)37-31(36-29)34-21-23-15-19-38(20-16-23)22-28-26-11-7-5-9-24(26)13-14-25-10-6-8-12-27(25)28/h3-12,23,28H,1-2,13-22H2,(H3,32,33,34,35,36,37). The Morgan fingerprint density at radius 1 is 0.737 bits per heavy atom. The highest BCUT2D eigenvalue weighted by atomic mass is 15.3. The first-order valence-corrected chi connectivity index (χ1v) is 13.8. The van der Waals surface area contributed by atoms with Gasteiger partial charge in [0, 0.05) is 32.1 Å². The molecule has 7 nitrogen and oxygen atoms in total. The molecule has 0 radical (unpaired) electrons. The van der Waals surface area contributed by atoms with Crippen LogP contribution in [0, 0.1) is 5.92 Å². The molecule has 0 amide bonds. The second-order valence-electron chi connectivity index (χ2n) is 10.2. The lowest BCUT2D eigenvalue weighted by molar-refractivity contribution is 0.184. The molecule has 3 N–H and O–H groups in total. The predicted molar refractivity (Wildman–Crippen MR) is 157 cm³/mol. The number of aromatic nitrogens is 3. The molecule has 0 atom stereocenters. The molecule has 1 aromatic heterocycles. The van der Waals surface area contributed by atoms with Crippen LogP contribution in [0.5, 0.6) is 0 Å². The van der Waals surface area contributed by atoms with Crippen molar-refractivity contribution in [2.45, 2.75) is 31.6 Å². The number of nitrogens with zero attached hydrogens (tertiary/aromatic N) is 4. The number of rotatable bonds is 11. The largest absolute Gasteiger partial charge is 0.354 e. The lowest BCUT2D eigenvalue weighted by Gasteiger charge is -2.35. The fourth-order valence-electron chi connectivity index (χ4n) is 5.64. The number of anilines is 3. The van der Waals surface area contributed by atoms with Crippen molar-refractivity contribution in [2.24, 2.45) is 5.92 Å². The third kappa shape index (κ3) is 6.40. The first kappa shape index (κ1) is 25.9. The van der Waals surface area contributed by atoms with Gasteiger partial charge in [-0.15, -0.1) is 13.2 Å². The van der Waals surface area contributed by atoms with Crippen molar-refractivity contribution in [3.05, 3.63) is 96.1 Å². The van der Waals surface area contributed by atoms with Gasteiger partial charge in [0.05, 0.1) is 0 Å². The lowest BCUT2D eigenvalue weighted by atomic mass is 9.86. The molecule has 3 aromatic rings. The zero-order valence-electron chi connectivity index (χ0n) is 22.2. The number of piperidine rings is 1. The van der Waals surface area contributed by atoms with Gasteiger partial charge in [-0.2, -0.15) is 15.0 Å². The Morgan fingerprint density at radius 3 is 1.76 bits per heavy atom. The molecule has 0 spiro atoms. The van der Waals surface area contributed by atoms with Crippen LogP contribution in [0.4, 0.5) is 17.8 Å². The summed E-state index contributed by atoms with van der Waals surface area (Å²) in [6.45, 7) is 12.9. The van der Waals surface area contributed by atoms with Crippen LogP contribution in [-0.4, -0.2) is 59.1 Å². The Labute approximate surface area is 226 Å². The van der Waals surface area contributed by atoms with E-state index in [2.05, 4.69) is 97.5 Å². The fourth-order valence-corrected chi connectivity index (χ4v) is 5.64. The SMILES string of the molecule is C=CCNc1nc(NCC=C)nc(NCC2CCN(CC3c4ccccc4CCc4ccccc43)CC2)n1. The van der Waals surface area contributed by atoms with E-state index in [0.29, 0.717) is 42.8 Å². The van der Waals surface area contributed by atoms with Gasteiger partial charge in [-0.1, -0.05) is 60.7 Å². The van der Waals surface area contributed by atoms with Gasteiger partial charge in [-0.05, 0) is 66.9 Å². The Hall–Kier alpha value is -3.71. The van der Waals surface area contributed by atoms with Gasteiger partial charge in [0.2, 0.25) is 17.8 Å². The summed E-state index contributed by atoms with van der Waals surface area (Å²) in [6, 6.07) is 18.1. The summed E-state index contributed by atoms with van der Waals surface area (Å²) < 4.78 is 0. The van der Waals surface area contributed by atoms with E-state index in [1.54, 1.807) is 12.2 Å². The number of aryl methyl sites for hydroxylation is 2. The Morgan fingerprint density at radius 2 is 1.24 bits per heavy atom. The van der Waals surface area contributed by atoms with Crippen LogP contribution in [0.25, 0.3) is 0 Å². The van der Waals surface area contributed by atoms with Gasteiger partial charge in [0.1, 0.15) is 0 Å². The maximum Gasteiger partial charge on any atom is 0.229 e. The second-order valence-corrected chi connectivity index (χ2v) is 10.2. The van der Waals surface area contributed by atoms with Crippen molar-refractivity contribution in [1.82, 2.24) is 19.9 Å². The fraction of sp³-hybridized carbons (Fsp3) is 0.387. The zero-order valence-corrected chi connectivity index (χ0v) is 22.2. The smallest absolute Gasteiger partial charge is 0.229 e. The number of hydrogen-bond donors (Lipinski definition) is 3. The van der Waals surface area contributed by atoms with Crippen LogP contribution in [0.15, 0.2) is 73.8 Å². The summed E-state index contributed by atoms with van der Waals surface area (Å²) in [5.74, 6) is 2.69. The van der Waals surface area contributed by atoms with Gasteiger partial charge < -0.3 is 20.9 Å². The van der Waals surface area contributed by atoms with E-state index < -0.39 is 0 Å². The van der Waals surface area contributed by atoms with E-state index in [9.17, 15) is 0 Å². The molecule has 198 valence electrons. The van der Waals surface area contributed by atoms with Gasteiger partial charge in [0.15, 0.2) is 0 Å². The minimum absolute atomic E-state index is 0.438. The van der Waals surface area contributed by atoms with Crippen molar-refractivity contribution in [2.75, 3.05) is 55.2 Å². The molecule has 0 bridgehead atoms. The minimum Gasteiger partial charge on any atom is -0.354 e. The molecule has 1 aliphatic carbocycles. The highest BCUT2D eigenvalue weighted by Gasteiger charge is 2.27. The molecule has 7 heteroatoms. The predicted octanol–water partition coefficient (Wildman–Crippen LogP) is 5.12. The van der Waals surface area contributed by atoms with E-state index in [1.165, 1.54) is 22.3 Å². The summed E-state index contributed by atoms with van der Waals surface area (Å²) in [7, 11) is 0. The molecule has 38 heavy (non-hydrogen) atoms. The summed E-state index contributed by atoms with van der Waals surface area (Å²) in [5, 5.41) is 9.79. The van der Waals surface area contributed by atoms with Gasteiger partial charge >= 0.3 is 0 Å². The van der Waals surface area contributed by atoms with E-state index in [0.717, 1.165) is 51.9 Å². The molecular weight excluding hydrogens is 470 g/mol. The van der Waals surface area contributed by atoms with Crippen LogP contribution < -0.4 is 16.0 Å². The van der Waals surface area contributed by atoms with Crippen LogP contribution in [0.1, 0.15) is 41.0 Å². The molecule has 1 aliphatic heterocycles. The van der Waals surface area contributed by atoms with Crippen LogP contribution >= 0.6 is 0 Å². The Bertz CT molecular complexity index is 1150. The average Bonchev–Trinajstić information content (AvgIpc) is 3.12. The summed E-state index contributed by atoms with van der Waals surface area (Å²) >= 11 is 0. The first-order chi connectivity index (χ1) is 18.7. The Balaban J connectivity index is 1.20. The number of benzene rings is 2. The topological polar surface area (TPSA) is 78.0 Å². The zero-order chi connectivity index (χ0) is 26.2. The highest BCUT2D eigenvalue weighted by molar-refractivity contribution is 5.45. The van der Waals surface area contributed by atoms with Gasteiger partial charge in [-0.3, -0.25) is 0 Å². The third-order valence-corrected chi connectivity index (χ3v) is 7.67. The normalized spacial score (nSPS) is 16.1. The molecule has 2 aliphatic rings. The number of nitrogens with one attached hydrogen (secondary N) is 3. The molecule has 0 unspecified atom stereocenters. The van der Waals surface area contributed by atoms with E-state index in [1.807, 2.05) is 0 Å². The van der Waals surface area contributed by atoms with Crippen molar-refractivity contribution in [1.29, 1.82) is 0 Å². The highest BCUT2D eigenvalue weighted by Crippen LogP contribution is 2.35. The quantitative estimate of drug-likeness (QED) is 0.310. The van der Waals surface area contributed by atoms with Crippen molar-refractivity contribution >= 4 is 17.8 Å². The number of fused-ring (bicyclic) bond motifs is 2. The third-order valence-electron chi connectivity index (χ3n) is 7.67. The minimum atomic E-state index is 0.438. The molecule has 2 aromatic carbocycles. The molecule has 0 saturated carbocycles. The summed E-state index contributed by atoms with van der Waals surface area (Å²) in [5.41, 5.74) is 6.04. The maximum atomic E-state index is 4.54. The summed E-state index contributed by atoms with van der Waals surface area (Å²) in [4.78, 5) is 16.2. The molecular formula is C31H39N7. The van der Waals surface area contributed by atoms with E-state index >= 15 is 0 Å². The number of likely N-dealkylation sites (tertiary alicyclic amines) is 1. The van der Waals surface area contributed by atoms with Gasteiger partial charge in [-0.25, -0.2) is 0 Å². The first-order valence-electron chi connectivity index (χ1n) is 13.8. The van der Waals surface area contributed by atoms with Crippen LogP contribution in [0.2, 0.25) is 0 Å². The van der Waals surface area contributed by atoms with Crippen LogP contribution in [0.3, 0.4) is 0 Å². The lowest BCUT2D eigenvalue weighted by Crippen LogP contribution is -2.38. The average molecular weight is 510 g/mol. The van der Waals surface area contributed by atoms with Crippen molar-refractivity contribution in [3.8, 4) is 0 Å². The second kappa shape index (κ2) is 12.7. The number of hydrogen-bond acceptors (Lipinski definition) is 7. The monoisotopic (exact) mass is 509 g/mol. The van der Waals surface area contributed by atoms with Crippen LogP contribution in [-0.2, 0) is 12.8 Å². The van der Waals surface area contributed by atoms with E-state index in [-0.39, 0.29) is 0 Å².